The molecule has 18 heavy (non-hydrogen) atoms. The van der Waals surface area contributed by atoms with Crippen molar-refractivity contribution in [1.82, 2.24) is 9.55 Å². The third-order valence-corrected chi connectivity index (χ3v) is 3.21. The van der Waals surface area contributed by atoms with Crippen molar-refractivity contribution < 1.29 is 0 Å². The molecule has 0 atom stereocenters. The number of hydrogen-bond acceptors (Lipinski definition) is 2. The van der Waals surface area contributed by atoms with Gasteiger partial charge >= 0.3 is 0 Å². The number of rotatable bonds is 1. The van der Waals surface area contributed by atoms with Gasteiger partial charge in [-0.2, -0.15) is 0 Å². The Balaban J connectivity index is 2.28. The zero-order valence-corrected chi connectivity index (χ0v) is 10.8. The molecule has 0 aliphatic heterocycles. The van der Waals surface area contributed by atoms with Crippen molar-refractivity contribution in [3.8, 4) is 5.69 Å². The molecule has 3 nitrogen and oxygen atoms in total. The second kappa shape index (κ2) is 4.19. The molecule has 5 heteroatoms. The van der Waals surface area contributed by atoms with Crippen molar-refractivity contribution in [3.63, 3.8) is 0 Å². The van der Waals surface area contributed by atoms with Crippen LogP contribution in [0.5, 0.6) is 0 Å². The predicted octanol–water partition coefficient (Wildman–Crippen LogP) is 3.91. The maximum atomic E-state index is 5.95. The van der Waals surface area contributed by atoms with E-state index in [2.05, 4.69) is 4.98 Å². The van der Waals surface area contributed by atoms with Gasteiger partial charge in [0.2, 0.25) is 5.95 Å². The summed E-state index contributed by atoms with van der Waals surface area (Å²) in [6, 6.07) is 12.9. The molecule has 1 aromatic heterocycles. The van der Waals surface area contributed by atoms with Crippen LogP contribution in [-0.4, -0.2) is 9.55 Å². The van der Waals surface area contributed by atoms with Crippen molar-refractivity contribution in [3.05, 3.63) is 52.5 Å². The fraction of sp³-hybridized carbons (Fsp3) is 0. The van der Waals surface area contributed by atoms with Crippen LogP contribution in [0, 0.1) is 0 Å². The Kier molecular flexibility index (Phi) is 2.65. The first kappa shape index (κ1) is 11.4. The average molecular weight is 278 g/mol. The standard InChI is InChI=1S/C13H9Cl2N3/c14-8-1-4-10(5-2-8)18-12-6-3-9(15)7-11(12)17-13(18)16/h1-7H,(H2,16,17). The minimum atomic E-state index is 0.426. The maximum absolute atomic E-state index is 5.95. The topological polar surface area (TPSA) is 43.8 Å². The Hall–Kier alpha value is -1.71. The number of aromatic nitrogens is 2. The Morgan fingerprint density at radius 3 is 2.33 bits per heavy atom. The van der Waals surface area contributed by atoms with Gasteiger partial charge in [-0.25, -0.2) is 4.98 Å². The van der Waals surface area contributed by atoms with E-state index >= 15 is 0 Å². The van der Waals surface area contributed by atoms with Crippen LogP contribution in [0.2, 0.25) is 10.0 Å². The Labute approximate surface area is 114 Å². The van der Waals surface area contributed by atoms with Crippen LogP contribution < -0.4 is 5.73 Å². The van der Waals surface area contributed by atoms with Gasteiger partial charge in [0.1, 0.15) is 0 Å². The summed E-state index contributed by atoms with van der Waals surface area (Å²) in [6.07, 6.45) is 0. The molecule has 0 fully saturated rings. The average Bonchev–Trinajstić information content (AvgIpc) is 2.65. The lowest BCUT2D eigenvalue weighted by molar-refractivity contribution is 1.11. The van der Waals surface area contributed by atoms with Gasteiger partial charge in [-0.15, -0.1) is 0 Å². The monoisotopic (exact) mass is 277 g/mol. The van der Waals surface area contributed by atoms with E-state index in [9.17, 15) is 0 Å². The number of fused-ring (bicyclic) bond motifs is 1. The summed E-state index contributed by atoms with van der Waals surface area (Å²) in [4.78, 5) is 4.30. The van der Waals surface area contributed by atoms with E-state index in [1.54, 1.807) is 6.07 Å². The van der Waals surface area contributed by atoms with Crippen molar-refractivity contribution in [2.75, 3.05) is 5.73 Å². The molecule has 1 heterocycles. The van der Waals surface area contributed by atoms with Gasteiger partial charge in [-0.05, 0) is 42.5 Å². The van der Waals surface area contributed by atoms with E-state index in [1.165, 1.54) is 0 Å². The molecule has 3 aromatic rings. The third kappa shape index (κ3) is 1.82. The lowest BCUT2D eigenvalue weighted by Crippen LogP contribution is -2.00. The molecule has 0 saturated carbocycles. The van der Waals surface area contributed by atoms with Crippen LogP contribution in [-0.2, 0) is 0 Å². The van der Waals surface area contributed by atoms with Gasteiger partial charge in [-0.3, -0.25) is 4.57 Å². The van der Waals surface area contributed by atoms with E-state index in [0.29, 0.717) is 16.0 Å². The summed E-state index contributed by atoms with van der Waals surface area (Å²) < 4.78 is 1.86. The number of nitrogens with two attached hydrogens (primary N) is 1. The molecule has 0 aliphatic rings. The van der Waals surface area contributed by atoms with Crippen LogP contribution >= 0.6 is 23.2 Å². The van der Waals surface area contributed by atoms with Crippen LogP contribution in [0.25, 0.3) is 16.7 Å². The van der Waals surface area contributed by atoms with Gasteiger partial charge in [0, 0.05) is 15.7 Å². The van der Waals surface area contributed by atoms with Gasteiger partial charge in [0.05, 0.1) is 11.0 Å². The summed E-state index contributed by atoms with van der Waals surface area (Å²) in [5.41, 5.74) is 8.56. The van der Waals surface area contributed by atoms with Crippen LogP contribution in [0.15, 0.2) is 42.5 Å². The highest BCUT2D eigenvalue weighted by Gasteiger charge is 2.09. The minimum absolute atomic E-state index is 0.426. The number of halogens is 2. The van der Waals surface area contributed by atoms with E-state index in [-0.39, 0.29) is 0 Å². The first-order valence-electron chi connectivity index (χ1n) is 5.34. The molecule has 0 aliphatic carbocycles. The Morgan fingerprint density at radius 2 is 1.61 bits per heavy atom. The first-order chi connectivity index (χ1) is 8.65. The fourth-order valence-electron chi connectivity index (χ4n) is 1.93. The lowest BCUT2D eigenvalue weighted by Gasteiger charge is -2.06. The highest BCUT2D eigenvalue weighted by atomic mass is 35.5. The second-order valence-electron chi connectivity index (χ2n) is 3.91. The smallest absolute Gasteiger partial charge is 0.205 e. The fourth-order valence-corrected chi connectivity index (χ4v) is 2.23. The van der Waals surface area contributed by atoms with Crippen molar-refractivity contribution in [2.24, 2.45) is 0 Å². The Morgan fingerprint density at radius 1 is 0.944 bits per heavy atom. The van der Waals surface area contributed by atoms with Gasteiger partial charge in [0.25, 0.3) is 0 Å². The van der Waals surface area contributed by atoms with Crippen LogP contribution in [0.1, 0.15) is 0 Å². The number of nitrogens with zero attached hydrogens (tertiary/aromatic N) is 2. The summed E-state index contributed by atoms with van der Waals surface area (Å²) in [5.74, 6) is 0.426. The summed E-state index contributed by atoms with van der Waals surface area (Å²) in [6.45, 7) is 0. The van der Waals surface area contributed by atoms with Crippen LogP contribution in [0.3, 0.4) is 0 Å². The minimum Gasteiger partial charge on any atom is -0.369 e. The molecular weight excluding hydrogens is 269 g/mol. The predicted molar refractivity (Wildman–Crippen MR) is 75.5 cm³/mol. The largest absolute Gasteiger partial charge is 0.369 e. The van der Waals surface area contributed by atoms with E-state index < -0.39 is 0 Å². The molecule has 0 spiro atoms. The van der Waals surface area contributed by atoms with Crippen molar-refractivity contribution in [1.29, 1.82) is 0 Å². The van der Waals surface area contributed by atoms with Crippen LogP contribution in [0.4, 0.5) is 5.95 Å². The number of hydrogen-bond donors (Lipinski definition) is 1. The van der Waals surface area contributed by atoms with E-state index in [0.717, 1.165) is 16.7 Å². The van der Waals surface area contributed by atoms with Crippen molar-refractivity contribution in [2.45, 2.75) is 0 Å². The van der Waals surface area contributed by atoms with E-state index in [1.807, 2.05) is 41.0 Å². The second-order valence-corrected chi connectivity index (χ2v) is 4.79. The number of nitrogen functional groups attached to an aromatic ring is 1. The SMILES string of the molecule is Nc1nc2cc(Cl)ccc2n1-c1ccc(Cl)cc1. The first-order valence-corrected chi connectivity index (χ1v) is 6.10. The van der Waals surface area contributed by atoms with Gasteiger partial charge in [0.15, 0.2) is 0 Å². The highest BCUT2D eigenvalue weighted by molar-refractivity contribution is 6.31. The lowest BCUT2D eigenvalue weighted by atomic mass is 10.3. The number of anilines is 1. The molecule has 0 saturated heterocycles. The Bertz CT molecular complexity index is 717. The molecule has 0 bridgehead atoms. The number of imidazole rings is 1. The summed E-state index contributed by atoms with van der Waals surface area (Å²) in [7, 11) is 0. The molecule has 3 rings (SSSR count). The van der Waals surface area contributed by atoms with Gasteiger partial charge < -0.3 is 5.73 Å². The molecule has 0 amide bonds. The summed E-state index contributed by atoms with van der Waals surface area (Å²) in [5, 5.41) is 1.33. The van der Waals surface area contributed by atoms with E-state index in [4.69, 9.17) is 28.9 Å². The molecule has 2 N–H and O–H groups in total. The molecular formula is C13H9Cl2N3. The zero-order valence-electron chi connectivity index (χ0n) is 9.27. The molecule has 0 unspecified atom stereocenters. The zero-order chi connectivity index (χ0) is 12.7. The van der Waals surface area contributed by atoms with Gasteiger partial charge in [-0.1, -0.05) is 23.2 Å². The summed E-state index contributed by atoms with van der Waals surface area (Å²) >= 11 is 11.8. The third-order valence-electron chi connectivity index (χ3n) is 2.73. The highest BCUT2D eigenvalue weighted by Crippen LogP contribution is 2.26. The number of benzene rings is 2. The molecule has 90 valence electrons. The molecule has 0 radical (unpaired) electrons. The quantitative estimate of drug-likeness (QED) is 0.733. The molecule has 2 aromatic carbocycles. The van der Waals surface area contributed by atoms with Crippen molar-refractivity contribution >= 4 is 40.2 Å². The normalized spacial score (nSPS) is 11.0. The maximum Gasteiger partial charge on any atom is 0.205 e.